The fourth-order valence-electron chi connectivity index (χ4n) is 0.581. The molecule has 0 aromatic rings. The molecule has 0 radical (unpaired) electrons. The summed E-state index contributed by atoms with van der Waals surface area (Å²) >= 11 is 0. The first-order valence-electron chi connectivity index (χ1n) is 3.62. The molecule has 12 heavy (non-hydrogen) atoms. The molecule has 0 spiro atoms. The van der Waals surface area contributed by atoms with Crippen LogP contribution in [0.1, 0.15) is 13.8 Å². The highest BCUT2D eigenvalue weighted by atomic mass is 16.5. The fraction of sp³-hybridized carbons (Fsp3) is 0.714. The Hall–Kier alpha value is -1.10. The number of esters is 1. The first-order chi connectivity index (χ1) is 5.49. The van der Waals surface area contributed by atoms with E-state index in [1.54, 1.807) is 6.92 Å². The van der Waals surface area contributed by atoms with Gasteiger partial charge in [-0.1, -0.05) is 0 Å². The van der Waals surface area contributed by atoms with Crippen LogP contribution < -0.4 is 11.1 Å². The lowest BCUT2D eigenvalue weighted by molar-refractivity contribution is -0.144. The van der Waals surface area contributed by atoms with Gasteiger partial charge in [0, 0.05) is 0 Å². The number of nitrogens with one attached hydrogen (secondary N) is 1. The second-order valence-corrected chi connectivity index (χ2v) is 2.54. The minimum absolute atomic E-state index is 0.368. The number of carbonyl (C=O) groups excluding carboxylic acids is 2. The number of rotatable bonds is 3. The summed E-state index contributed by atoms with van der Waals surface area (Å²) in [5.74, 6) is -0.850. The zero-order valence-electron chi connectivity index (χ0n) is 7.46. The molecule has 1 amide bonds. The Labute approximate surface area is 71.3 Å². The standard InChI is InChI=1S/C7H14N2O3/c1-4(8)6(10)9-5(2)7(11)12-3/h4-5H,8H2,1-3H3,(H,9,10)/t4-,5?/m0/s1. The first kappa shape index (κ1) is 10.9. The maximum Gasteiger partial charge on any atom is 0.328 e. The Morgan fingerprint density at radius 2 is 1.92 bits per heavy atom. The monoisotopic (exact) mass is 174 g/mol. The van der Waals surface area contributed by atoms with Crippen LogP contribution in [0, 0.1) is 0 Å². The van der Waals surface area contributed by atoms with Gasteiger partial charge in [-0.25, -0.2) is 4.79 Å². The molecular formula is C7H14N2O3. The average molecular weight is 174 g/mol. The van der Waals surface area contributed by atoms with Crippen LogP contribution in [0.4, 0.5) is 0 Å². The lowest BCUT2D eigenvalue weighted by atomic mass is 10.3. The summed E-state index contributed by atoms with van der Waals surface area (Å²) in [5, 5.41) is 2.39. The summed E-state index contributed by atoms with van der Waals surface area (Å²) < 4.78 is 4.40. The van der Waals surface area contributed by atoms with E-state index in [0.29, 0.717) is 0 Å². The van der Waals surface area contributed by atoms with E-state index in [1.807, 2.05) is 0 Å². The van der Waals surface area contributed by atoms with E-state index >= 15 is 0 Å². The molecule has 0 aromatic heterocycles. The summed E-state index contributed by atoms with van der Waals surface area (Å²) in [6.45, 7) is 3.07. The zero-order chi connectivity index (χ0) is 9.72. The molecule has 1 unspecified atom stereocenters. The normalized spacial score (nSPS) is 14.7. The Morgan fingerprint density at radius 1 is 1.42 bits per heavy atom. The largest absolute Gasteiger partial charge is 0.467 e. The van der Waals surface area contributed by atoms with Crippen molar-refractivity contribution in [2.45, 2.75) is 25.9 Å². The number of hydrogen-bond acceptors (Lipinski definition) is 4. The molecule has 0 aliphatic rings. The summed E-state index contributed by atoms with van der Waals surface area (Å²) in [6.07, 6.45) is 0. The number of ether oxygens (including phenoxy) is 1. The number of methoxy groups -OCH3 is 1. The Kier molecular flexibility index (Phi) is 4.28. The van der Waals surface area contributed by atoms with Gasteiger partial charge in [0.25, 0.3) is 0 Å². The first-order valence-corrected chi connectivity index (χ1v) is 3.62. The van der Waals surface area contributed by atoms with Gasteiger partial charge in [-0.2, -0.15) is 0 Å². The maximum atomic E-state index is 10.9. The second-order valence-electron chi connectivity index (χ2n) is 2.54. The lowest BCUT2D eigenvalue weighted by Crippen LogP contribution is -2.46. The minimum atomic E-state index is -0.645. The molecule has 2 atom stereocenters. The van der Waals surface area contributed by atoms with Crippen LogP contribution in [0.3, 0.4) is 0 Å². The number of nitrogens with two attached hydrogens (primary N) is 1. The molecule has 0 fully saturated rings. The van der Waals surface area contributed by atoms with Crippen LogP contribution in [0.2, 0.25) is 0 Å². The van der Waals surface area contributed by atoms with Crippen molar-refractivity contribution in [1.29, 1.82) is 0 Å². The van der Waals surface area contributed by atoms with Crippen LogP contribution in [0.25, 0.3) is 0 Å². The molecule has 0 aliphatic carbocycles. The summed E-state index contributed by atoms with van der Waals surface area (Å²) in [7, 11) is 1.26. The van der Waals surface area contributed by atoms with E-state index in [2.05, 4.69) is 10.1 Å². The third-order valence-corrected chi connectivity index (χ3v) is 1.33. The highest BCUT2D eigenvalue weighted by Crippen LogP contribution is 1.86. The predicted octanol–water partition coefficient (Wildman–Crippen LogP) is -0.989. The lowest BCUT2D eigenvalue weighted by Gasteiger charge is -2.12. The second kappa shape index (κ2) is 4.71. The van der Waals surface area contributed by atoms with Crippen LogP contribution in [0.15, 0.2) is 0 Å². The maximum absolute atomic E-state index is 10.9. The van der Waals surface area contributed by atoms with Gasteiger partial charge in [-0.15, -0.1) is 0 Å². The molecule has 0 heterocycles. The number of amides is 1. The molecule has 3 N–H and O–H groups in total. The van der Waals surface area contributed by atoms with Crippen molar-refractivity contribution >= 4 is 11.9 Å². The third-order valence-electron chi connectivity index (χ3n) is 1.33. The van der Waals surface area contributed by atoms with E-state index in [4.69, 9.17) is 5.73 Å². The number of hydrogen-bond donors (Lipinski definition) is 2. The van der Waals surface area contributed by atoms with Gasteiger partial charge >= 0.3 is 5.97 Å². The third kappa shape index (κ3) is 3.34. The fourth-order valence-corrected chi connectivity index (χ4v) is 0.581. The molecular weight excluding hydrogens is 160 g/mol. The molecule has 0 saturated carbocycles. The van der Waals surface area contributed by atoms with Gasteiger partial charge in [0.05, 0.1) is 13.2 Å². The topological polar surface area (TPSA) is 81.4 Å². The summed E-state index contributed by atoms with van der Waals surface area (Å²) in [4.78, 5) is 21.7. The zero-order valence-corrected chi connectivity index (χ0v) is 7.46. The van der Waals surface area contributed by atoms with E-state index in [0.717, 1.165) is 0 Å². The van der Waals surface area contributed by atoms with Gasteiger partial charge in [-0.3, -0.25) is 4.79 Å². The highest BCUT2D eigenvalue weighted by Gasteiger charge is 2.17. The van der Waals surface area contributed by atoms with Crippen molar-refractivity contribution in [2.24, 2.45) is 5.73 Å². The van der Waals surface area contributed by atoms with Crippen molar-refractivity contribution in [3.63, 3.8) is 0 Å². The number of carbonyl (C=O) groups is 2. The van der Waals surface area contributed by atoms with Crippen LogP contribution >= 0.6 is 0 Å². The molecule has 5 nitrogen and oxygen atoms in total. The minimum Gasteiger partial charge on any atom is -0.467 e. The molecule has 0 rings (SSSR count). The van der Waals surface area contributed by atoms with Crippen molar-refractivity contribution in [2.75, 3.05) is 7.11 Å². The highest BCUT2D eigenvalue weighted by molar-refractivity contribution is 5.86. The Morgan fingerprint density at radius 3 is 2.25 bits per heavy atom. The van der Waals surface area contributed by atoms with Gasteiger partial charge in [0.15, 0.2) is 0 Å². The van der Waals surface area contributed by atoms with E-state index in [9.17, 15) is 9.59 Å². The molecule has 70 valence electrons. The quantitative estimate of drug-likeness (QED) is 0.538. The molecule has 5 heteroatoms. The van der Waals surface area contributed by atoms with E-state index in [1.165, 1.54) is 14.0 Å². The average Bonchev–Trinajstić information content (AvgIpc) is 2.02. The molecule has 0 aliphatic heterocycles. The van der Waals surface area contributed by atoms with Crippen LogP contribution in [0.5, 0.6) is 0 Å². The molecule has 0 saturated heterocycles. The van der Waals surface area contributed by atoms with Crippen molar-refractivity contribution < 1.29 is 14.3 Å². The van der Waals surface area contributed by atoms with Crippen molar-refractivity contribution in [1.82, 2.24) is 5.32 Å². The van der Waals surface area contributed by atoms with E-state index in [-0.39, 0.29) is 5.91 Å². The SMILES string of the molecule is COC(=O)C(C)NC(=O)[C@H](C)N. The Balaban J connectivity index is 3.92. The van der Waals surface area contributed by atoms with Gasteiger partial charge in [0.2, 0.25) is 5.91 Å². The summed E-state index contributed by atoms with van der Waals surface area (Å²) in [5.41, 5.74) is 5.26. The van der Waals surface area contributed by atoms with E-state index < -0.39 is 18.1 Å². The van der Waals surface area contributed by atoms with Crippen LogP contribution in [-0.2, 0) is 14.3 Å². The van der Waals surface area contributed by atoms with Gasteiger partial charge < -0.3 is 15.8 Å². The molecule has 0 aromatic carbocycles. The van der Waals surface area contributed by atoms with Crippen molar-refractivity contribution in [3.8, 4) is 0 Å². The smallest absolute Gasteiger partial charge is 0.328 e. The predicted molar refractivity (Wildman–Crippen MR) is 43.3 cm³/mol. The van der Waals surface area contributed by atoms with Gasteiger partial charge in [-0.05, 0) is 13.8 Å². The van der Waals surface area contributed by atoms with Crippen LogP contribution in [-0.4, -0.2) is 31.1 Å². The molecule has 0 bridgehead atoms. The Bertz CT molecular complexity index is 179. The van der Waals surface area contributed by atoms with Crippen molar-refractivity contribution in [3.05, 3.63) is 0 Å². The summed E-state index contributed by atoms with van der Waals surface area (Å²) in [6, 6.07) is -1.26. The van der Waals surface area contributed by atoms with Gasteiger partial charge in [0.1, 0.15) is 6.04 Å².